The summed E-state index contributed by atoms with van der Waals surface area (Å²) in [6.07, 6.45) is 0. The number of halogens is 1. The summed E-state index contributed by atoms with van der Waals surface area (Å²) in [5.74, 6) is 0. The smallest absolute Gasteiger partial charge is 0.0630 e. The van der Waals surface area contributed by atoms with Gasteiger partial charge >= 0.3 is 0 Å². The number of rotatable bonds is 0. The number of alkyl halides is 1. The Balaban J connectivity index is 2.05. The van der Waals surface area contributed by atoms with Gasteiger partial charge in [-0.05, 0) is 40.3 Å². The molecule has 106 valence electrons. The van der Waals surface area contributed by atoms with Crippen LogP contribution in [-0.2, 0) is 8.84 Å². The van der Waals surface area contributed by atoms with Crippen molar-refractivity contribution in [1.29, 1.82) is 0 Å². The summed E-state index contributed by atoms with van der Waals surface area (Å²) < 4.78 is -0.0701. The molecule has 0 spiro atoms. The molecule has 0 unspecified atom stereocenters. The number of benzene rings is 3. The van der Waals surface area contributed by atoms with Crippen LogP contribution >= 0.6 is 22.6 Å². The summed E-state index contributed by atoms with van der Waals surface area (Å²) >= 11 is 2.67. The summed E-state index contributed by atoms with van der Waals surface area (Å²) in [5.41, 5.74) is 8.70. The third-order valence-electron chi connectivity index (χ3n) is 5.51. The minimum atomic E-state index is -0.0701. The molecule has 0 aromatic heterocycles. The van der Waals surface area contributed by atoms with E-state index in [-0.39, 0.29) is 8.84 Å². The van der Waals surface area contributed by atoms with Crippen LogP contribution in [0.4, 0.5) is 0 Å². The summed E-state index contributed by atoms with van der Waals surface area (Å²) in [4.78, 5) is 0. The highest BCUT2D eigenvalue weighted by Gasteiger charge is 2.55. The molecule has 0 fully saturated rings. The van der Waals surface area contributed by atoms with Crippen molar-refractivity contribution in [3.63, 3.8) is 0 Å². The van der Waals surface area contributed by atoms with Crippen molar-refractivity contribution in [2.45, 2.75) is 15.8 Å². The predicted molar refractivity (Wildman–Crippen MR) is 98.8 cm³/mol. The van der Waals surface area contributed by atoms with Crippen LogP contribution in [-0.4, -0.2) is 0 Å². The van der Waals surface area contributed by atoms with Gasteiger partial charge in [-0.1, -0.05) is 95.4 Å². The fraction of sp³-hybridized carbons (Fsp3) is 0.143. The standard InChI is InChI=1S/C21H15I/c1-20-14-8-2-5-11-17(14)21(22,18-12-6-3-9-15(18)20)19-13-7-4-10-16(19)20/h2-13H,1H3. The summed E-state index contributed by atoms with van der Waals surface area (Å²) in [7, 11) is 0. The minimum Gasteiger partial charge on any atom is -0.0630 e. The normalized spacial score (nSPS) is 27.0. The Labute approximate surface area is 144 Å². The third kappa shape index (κ3) is 1.22. The number of hydrogen-bond acceptors (Lipinski definition) is 0. The quantitative estimate of drug-likeness (QED) is 0.354. The molecule has 2 bridgehead atoms. The van der Waals surface area contributed by atoms with Crippen LogP contribution in [0.2, 0.25) is 0 Å². The second kappa shape index (κ2) is 4.02. The molecule has 0 amide bonds. The maximum atomic E-state index is 2.67. The molecule has 0 atom stereocenters. The van der Waals surface area contributed by atoms with Gasteiger partial charge in [0.2, 0.25) is 0 Å². The zero-order valence-electron chi connectivity index (χ0n) is 12.3. The van der Waals surface area contributed by atoms with E-state index in [9.17, 15) is 0 Å². The summed E-state index contributed by atoms with van der Waals surface area (Å²) in [6, 6.07) is 26.9. The molecule has 0 saturated heterocycles. The fourth-order valence-electron chi connectivity index (χ4n) is 4.53. The average Bonchev–Trinajstić information content (AvgIpc) is 2.59. The van der Waals surface area contributed by atoms with Gasteiger partial charge < -0.3 is 0 Å². The molecular weight excluding hydrogens is 379 g/mol. The van der Waals surface area contributed by atoms with E-state index in [1.807, 2.05) is 0 Å². The van der Waals surface area contributed by atoms with Crippen LogP contribution in [0, 0.1) is 0 Å². The van der Waals surface area contributed by atoms with Crippen molar-refractivity contribution in [3.8, 4) is 0 Å². The van der Waals surface area contributed by atoms with Gasteiger partial charge in [-0.2, -0.15) is 0 Å². The molecule has 3 aliphatic carbocycles. The van der Waals surface area contributed by atoms with Gasteiger partial charge in [0, 0.05) is 5.41 Å². The summed E-state index contributed by atoms with van der Waals surface area (Å²) in [6.45, 7) is 2.39. The Hall–Kier alpha value is -1.61. The molecule has 0 saturated carbocycles. The molecular formula is C21H15I. The van der Waals surface area contributed by atoms with Gasteiger partial charge in [0.25, 0.3) is 0 Å². The lowest BCUT2D eigenvalue weighted by molar-refractivity contribution is 0.585. The molecule has 0 heterocycles. The Morgan fingerprint density at radius 2 is 0.818 bits per heavy atom. The van der Waals surface area contributed by atoms with Crippen LogP contribution in [0.5, 0.6) is 0 Å². The highest BCUT2D eigenvalue weighted by Crippen LogP contribution is 2.64. The van der Waals surface area contributed by atoms with Gasteiger partial charge in [-0.3, -0.25) is 0 Å². The van der Waals surface area contributed by atoms with Crippen LogP contribution in [0.15, 0.2) is 72.8 Å². The first-order valence-electron chi connectivity index (χ1n) is 7.67. The van der Waals surface area contributed by atoms with Crippen LogP contribution in [0.25, 0.3) is 0 Å². The number of hydrogen-bond donors (Lipinski definition) is 0. The Morgan fingerprint density at radius 1 is 0.545 bits per heavy atom. The highest BCUT2D eigenvalue weighted by molar-refractivity contribution is 14.1. The minimum absolute atomic E-state index is 0.0449. The van der Waals surface area contributed by atoms with Gasteiger partial charge in [0.05, 0.1) is 3.42 Å². The maximum Gasteiger partial charge on any atom is 0.0977 e. The van der Waals surface area contributed by atoms with Crippen molar-refractivity contribution in [2.75, 3.05) is 0 Å². The van der Waals surface area contributed by atoms with E-state index in [0.29, 0.717) is 0 Å². The lowest BCUT2D eigenvalue weighted by Gasteiger charge is -2.53. The molecule has 3 aliphatic rings. The van der Waals surface area contributed by atoms with Crippen molar-refractivity contribution >= 4 is 22.6 Å². The topological polar surface area (TPSA) is 0 Å². The lowest BCUT2D eigenvalue weighted by Crippen LogP contribution is -2.46. The Morgan fingerprint density at radius 3 is 1.14 bits per heavy atom. The molecule has 0 aliphatic heterocycles. The van der Waals surface area contributed by atoms with Crippen molar-refractivity contribution in [3.05, 3.63) is 106 Å². The van der Waals surface area contributed by atoms with Crippen molar-refractivity contribution in [2.24, 2.45) is 0 Å². The van der Waals surface area contributed by atoms with Crippen molar-refractivity contribution < 1.29 is 0 Å². The Kier molecular flexibility index (Phi) is 2.35. The first-order valence-corrected chi connectivity index (χ1v) is 8.75. The monoisotopic (exact) mass is 394 g/mol. The lowest BCUT2D eigenvalue weighted by atomic mass is 9.54. The molecule has 22 heavy (non-hydrogen) atoms. The molecule has 1 heteroatoms. The first kappa shape index (κ1) is 12.9. The second-order valence-electron chi connectivity index (χ2n) is 6.42. The van der Waals surface area contributed by atoms with Gasteiger partial charge in [0.15, 0.2) is 0 Å². The first-order chi connectivity index (χ1) is 10.7. The van der Waals surface area contributed by atoms with Crippen LogP contribution < -0.4 is 0 Å². The fourth-order valence-corrected chi connectivity index (χ4v) is 5.94. The van der Waals surface area contributed by atoms with Crippen LogP contribution in [0.3, 0.4) is 0 Å². The molecule has 0 radical (unpaired) electrons. The Bertz CT molecular complexity index is 729. The molecule has 3 aromatic carbocycles. The van der Waals surface area contributed by atoms with Crippen molar-refractivity contribution in [1.82, 2.24) is 0 Å². The average molecular weight is 394 g/mol. The van der Waals surface area contributed by atoms with E-state index >= 15 is 0 Å². The van der Waals surface area contributed by atoms with E-state index < -0.39 is 0 Å². The largest absolute Gasteiger partial charge is 0.0977 e. The van der Waals surface area contributed by atoms with E-state index in [4.69, 9.17) is 0 Å². The molecule has 0 N–H and O–H groups in total. The van der Waals surface area contributed by atoms with E-state index in [0.717, 1.165) is 0 Å². The second-order valence-corrected chi connectivity index (χ2v) is 8.04. The molecule has 3 aromatic rings. The molecule has 0 nitrogen and oxygen atoms in total. The van der Waals surface area contributed by atoms with E-state index in [2.05, 4.69) is 102 Å². The zero-order chi connectivity index (χ0) is 14.9. The van der Waals surface area contributed by atoms with E-state index in [1.165, 1.54) is 33.4 Å². The predicted octanol–water partition coefficient (Wildman–Crippen LogP) is 5.39. The van der Waals surface area contributed by atoms with Gasteiger partial charge in [0.1, 0.15) is 0 Å². The SMILES string of the molecule is CC12c3ccccc3C(I)(c3ccccc31)c1ccccc12. The van der Waals surface area contributed by atoms with Crippen LogP contribution in [0.1, 0.15) is 40.3 Å². The van der Waals surface area contributed by atoms with Gasteiger partial charge in [-0.15, -0.1) is 0 Å². The highest BCUT2D eigenvalue weighted by atomic mass is 127. The van der Waals surface area contributed by atoms with Gasteiger partial charge in [-0.25, -0.2) is 0 Å². The third-order valence-corrected chi connectivity index (χ3v) is 7.25. The molecule has 6 rings (SSSR count). The summed E-state index contributed by atoms with van der Waals surface area (Å²) in [5, 5.41) is 0. The van der Waals surface area contributed by atoms with E-state index in [1.54, 1.807) is 0 Å². The zero-order valence-corrected chi connectivity index (χ0v) is 14.5. The maximum absolute atomic E-state index is 2.67.